The van der Waals surface area contributed by atoms with Crippen molar-refractivity contribution in [2.75, 3.05) is 6.54 Å². The van der Waals surface area contributed by atoms with Crippen molar-refractivity contribution in [3.05, 3.63) is 23.7 Å². The largest absolute Gasteiger partial charge is 0.466 e. The van der Waals surface area contributed by atoms with E-state index in [9.17, 15) is 0 Å². The van der Waals surface area contributed by atoms with Crippen molar-refractivity contribution in [1.29, 1.82) is 0 Å². The van der Waals surface area contributed by atoms with Crippen LogP contribution in [-0.2, 0) is 6.42 Å². The molecule has 0 amide bonds. The second kappa shape index (κ2) is 4.65. The highest BCUT2D eigenvalue weighted by Gasteiger charge is 2.18. The van der Waals surface area contributed by atoms with Gasteiger partial charge in [-0.15, -0.1) is 0 Å². The summed E-state index contributed by atoms with van der Waals surface area (Å²) in [6.07, 6.45) is 7.58. The monoisotopic (exact) mass is 193 g/mol. The Hall–Kier alpha value is -0.760. The van der Waals surface area contributed by atoms with Gasteiger partial charge in [0.25, 0.3) is 0 Å². The number of furan rings is 1. The zero-order valence-corrected chi connectivity index (χ0v) is 8.67. The first-order valence-corrected chi connectivity index (χ1v) is 5.69. The number of hydrogen-bond donors (Lipinski definition) is 1. The molecule has 0 saturated heterocycles. The van der Waals surface area contributed by atoms with Crippen molar-refractivity contribution in [3.8, 4) is 0 Å². The topological polar surface area (TPSA) is 39.2 Å². The molecule has 2 heteroatoms. The lowest BCUT2D eigenvalue weighted by Gasteiger charge is -2.19. The fraction of sp³-hybridized carbons (Fsp3) is 0.667. The molecule has 1 aromatic rings. The summed E-state index contributed by atoms with van der Waals surface area (Å²) < 4.78 is 5.78. The third-order valence-electron chi connectivity index (χ3n) is 3.08. The molecule has 0 unspecified atom stereocenters. The average molecular weight is 193 g/mol. The molecule has 1 aliphatic carbocycles. The maximum absolute atomic E-state index is 5.78. The first-order valence-electron chi connectivity index (χ1n) is 5.69. The summed E-state index contributed by atoms with van der Waals surface area (Å²) in [5, 5.41) is 0. The maximum Gasteiger partial charge on any atom is 0.107 e. The Kier molecular flexibility index (Phi) is 3.25. The third kappa shape index (κ3) is 2.18. The minimum Gasteiger partial charge on any atom is -0.466 e. The molecule has 1 fully saturated rings. The van der Waals surface area contributed by atoms with E-state index in [4.69, 9.17) is 10.2 Å². The molecule has 0 aromatic carbocycles. The van der Waals surface area contributed by atoms with Gasteiger partial charge in [-0.2, -0.15) is 0 Å². The van der Waals surface area contributed by atoms with Crippen LogP contribution in [0, 0.1) is 0 Å². The van der Waals surface area contributed by atoms with E-state index in [0.717, 1.165) is 12.2 Å². The minimum absolute atomic E-state index is 0.676. The molecule has 2 N–H and O–H groups in total. The lowest BCUT2D eigenvalue weighted by atomic mass is 9.88. The second-order valence-electron chi connectivity index (χ2n) is 4.18. The summed E-state index contributed by atoms with van der Waals surface area (Å²) in [5.74, 6) is 2.91. The van der Waals surface area contributed by atoms with Gasteiger partial charge in [0.2, 0.25) is 0 Å². The highest BCUT2D eigenvalue weighted by atomic mass is 16.3. The van der Waals surface area contributed by atoms with Crippen LogP contribution in [0.2, 0.25) is 0 Å². The van der Waals surface area contributed by atoms with Gasteiger partial charge in [0.15, 0.2) is 0 Å². The highest BCUT2D eigenvalue weighted by molar-refractivity contribution is 5.12. The molecule has 2 rings (SSSR count). The first-order chi connectivity index (χ1) is 6.90. The fourth-order valence-electron chi connectivity index (χ4n) is 2.28. The quantitative estimate of drug-likeness (QED) is 0.801. The van der Waals surface area contributed by atoms with E-state index in [1.807, 2.05) is 0 Å². The molecular formula is C12H19NO. The van der Waals surface area contributed by atoms with Crippen molar-refractivity contribution in [3.63, 3.8) is 0 Å². The van der Waals surface area contributed by atoms with E-state index < -0.39 is 0 Å². The summed E-state index contributed by atoms with van der Waals surface area (Å²) in [5.41, 5.74) is 5.49. The lowest BCUT2D eigenvalue weighted by molar-refractivity contribution is 0.362. The maximum atomic E-state index is 5.78. The molecule has 0 radical (unpaired) electrons. The molecule has 2 nitrogen and oxygen atoms in total. The normalized spacial score (nSPS) is 18.6. The molecule has 0 aliphatic heterocycles. The van der Waals surface area contributed by atoms with E-state index in [1.165, 1.54) is 37.9 Å². The van der Waals surface area contributed by atoms with Crippen LogP contribution in [0.4, 0.5) is 0 Å². The summed E-state index contributed by atoms with van der Waals surface area (Å²) >= 11 is 0. The summed E-state index contributed by atoms with van der Waals surface area (Å²) in [4.78, 5) is 0. The van der Waals surface area contributed by atoms with Gasteiger partial charge in [0, 0.05) is 12.3 Å². The molecule has 0 bridgehead atoms. The highest BCUT2D eigenvalue weighted by Crippen LogP contribution is 2.33. The lowest BCUT2D eigenvalue weighted by Crippen LogP contribution is -2.03. The predicted molar refractivity (Wildman–Crippen MR) is 57.3 cm³/mol. The van der Waals surface area contributed by atoms with E-state index in [2.05, 4.69) is 12.1 Å². The fourth-order valence-corrected chi connectivity index (χ4v) is 2.28. The zero-order valence-electron chi connectivity index (χ0n) is 8.67. The van der Waals surface area contributed by atoms with E-state index in [-0.39, 0.29) is 0 Å². The van der Waals surface area contributed by atoms with Crippen LogP contribution in [0.25, 0.3) is 0 Å². The molecule has 1 aliphatic rings. The molecule has 0 atom stereocenters. The molecule has 78 valence electrons. The smallest absolute Gasteiger partial charge is 0.107 e. The molecule has 0 spiro atoms. The van der Waals surface area contributed by atoms with E-state index >= 15 is 0 Å². The Morgan fingerprint density at radius 3 is 2.71 bits per heavy atom. The van der Waals surface area contributed by atoms with Crippen molar-refractivity contribution >= 4 is 0 Å². The van der Waals surface area contributed by atoms with Crippen LogP contribution in [0.3, 0.4) is 0 Å². The SMILES string of the molecule is NCCc1ccc(C2CCCCC2)o1. The Labute approximate surface area is 85.5 Å². The van der Waals surface area contributed by atoms with Crippen LogP contribution >= 0.6 is 0 Å². The standard InChI is InChI=1S/C12H19NO/c13-9-8-11-6-7-12(14-11)10-4-2-1-3-5-10/h6-7,10H,1-5,8-9,13H2. The van der Waals surface area contributed by atoms with Gasteiger partial charge in [-0.1, -0.05) is 19.3 Å². The van der Waals surface area contributed by atoms with Crippen molar-refractivity contribution in [2.45, 2.75) is 44.4 Å². The first kappa shape index (κ1) is 9.78. The number of rotatable bonds is 3. The molecule has 1 heterocycles. The van der Waals surface area contributed by atoms with E-state index in [1.54, 1.807) is 0 Å². The third-order valence-corrected chi connectivity index (χ3v) is 3.08. The van der Waals surface area contributed by atoms with Gasteiger partial charge < -0.3 is 10.2 Å². The van der Waals surface area contributed by atoms with Crippen LogP contribution in [0.15, 0.2) is 16.5 Å². The minimum atomic E-state index is 0.676. The van der Waals surface area contributed by atoms with Crippen LogP contribution in [0.5, 0.6) is 0 Å². The van der Waals surface area contributed by atoms with Gasteiger partial charge >= 0.3 is 0 Å². The molecule has 1 aromatic heterocycles. The van der Waals surface area contributed by atoms with Crippen molar-refractivity contribution in [1.82, 2.24) is 0 Å². The van der Waals surface area contributed by atoms with Crippen LogP contribution in [-0.4, -0.2) is 6.54 Å². The Morgan fingerprint density at radius 2 is 2.00 bits per heavy atom. The van der Waals surface area contributed by atoms with Crippen LogP contribution < -0.4 is 5.73 Å². The van der Waals surface area contributed by atoms with Gasteiger partial charge in [0.05, 0.1) is 0 Å². The van der Waals surface area contributed by atoms with Gasteiger partial charge in [-0.25, -0.2) is 0 Å². The van der Waals surface area contributed by atoms with Gasteiger partial charge in [-0.3, -0.25) is 0 Å². The summed E-state index contributed by atoms with van der Waals surface area (Å²) in [6, 6.07) is 4.22. The van der Waals surface area contributed by atoms with Crippen molar-refractivity contribution < 1.29 is 4.42 Å². The summed E-state index contributed by atoms with van der Waals surface area (Å²) in [6.45, 7) is 0.678. The van der Waals surface area contributed by atoms with Crippen molar-refractivity contribution in [2.24, 2.45) is 5.73 Å². The molecule has 14 heavy (non-hydrogen) atoms. The second-order valence-corrected chi connectivity index (χ2v) is 4.18. The van der Waals surface area contributed by atoms with Crippen LogP contribution in [0.1, 0.15) is 49.5 Å². The molecule has 1 saturated carbocycles. The predicted octanol–water partition coefficient (Wildman–Crippen LogP) is 2.83. The zero-order chi connectivity index (χ0) is 9.80. The Bertz CT molecular complexity index is 274. The summed E-state index contributed by atoms with van der Waals surface area (Å²) in [7, 11) is 0. The molecular weight excluding hydrogens is 174 g/mol. The van der Waals surface area contributed by atoms with E-state index in [0.29, 0.717) is 12.5 Å². The van der Waals surface area contributed by atoms with Gasteiger partial charge in [-0.05, 0) is 31.5 Å². The van der Waals surface area contributed by atoms with Gasteiger partial charge in [0.1, 0.15) is 11.5 Å². The number of nitrogens with two attached hydrogens (primary N) is 1. The average Bonchev–Trinajstić information content (AvgIpc) is 2.68. The Morgan fingerprint density at radius 1 is 1.21 bits per heavy atom. The number of hydrogen-bond acceptors (Lipinski definition) is 2. The Balaban J connectivity index is 2.00.